The Morgan fingerprint density at radius 1 is 1.03 bits per heavy atom. The summed E-state index contributed by atoms with van der Waals surface area (Å²) < 4.78 is 0. The van der Waals surface area contributed by atoms with Gasteiger partial charge in [-0.15, -0.1) is 0 Å². The number of benzene rings is 2. The van der Waals surface area contributed by atoms with Gasteiger partial charge >= 0.3 is 6.09 Å². The smallest absolute Gasteiger partial charge is 0.404 e. The standard InChI is InChI=1S/C26H27Cl2N3O4/c1-13(2)24(32)17-12-29-20-8-7-14(15-10-18(27)25(33)19(28)11-15)9-16(20)23(17)30-21-5-3-4-6-22(21)31-26(34)35/h7-13,21-22,31,33H,3-6H2,1-2H3,(H,29,30)(H,34,35). The SMILES string of the molecule is CC(C)C(=O)c1cnc2ccc(-c3cc(Cl)c(O)c(Cl)c3)cc2c1NC1CCCCC1NC(=O)O. The topological polar surface area (TPSA) is 112 Å². The van der Waals surface area contributed by atoms with Gasteiger partial charge in [-0.3, -0.25) is 9.78 Å². The van der Waals surface area contributed by atoms with E-state index in [9.17, 15) is 19.8 Å². The number of aromatic hydroxyl groups is 1. The first-order chi connectivity index (χ1) is 16.7. The Morgan fingerprint density at radius 2 is 1.69 bits per heavy atom. The van der Waals surface area contributed by atoms with Gasteiger partial charge in [-0.05, 0) is 48.2 Å². The fourth-order valence-electron chi connectivity index (χ4n) is 4.58. The van der Waals surface area contributed by atoms with Crippen LogP contribution in [0, 0.1) is 5.92 Å². The van der Waals surface area contributed by atoms with E-state index in [1.807, 2.05) is 32.0 Å². The van der Waals surface area contributed by atoms with Crippen LogP contribution in [0.5, 0.6) is 5.75 Å². The van der Waals surface area contributed by atoms with Crippen molar-refractivity contribution >= 4 is 51.7 Å². The van der Waals surface area contributed by atoms with Crippen LogP contribution in [0.1, 0.15) is 49.9 Å². The van der Waals surface area contributed by atoms with Crippen LogP contribution in [0.2, 0.25) is 10.0 Å². The Labute approximate surface area is 213 Å². The molecule has 1 amide bonds. The van der Waals surface area contributed by atoms with Gasteiger partial charge in [0, 0.05) is 23.5 Å². The lowest BCUT2D eigenvalue weighted by atomic mass is 9.89. The molecule has 4 N–H and O–H groups in total. The summed E-state index contributed by atoms with van der Waals surface area (Å²) in [5.74, 6) is -0.477. The monoisotopic (exact) mass is 515 g/mol. The summed E-state index contributed by atoms with van der Waals surface area (Å²) in [4.78, 5) is 29.0. The van der Waals surface area contributed by atoms with Crippen molar-refractivity contribution in [2.45, 2.75) is 51.6 Å². The van der Waals surface area contributed by atoms with Gasteiger partial charge in [-0.2, -0.15) is 0 Å². The first-order valence-electron chi connectivity index (χ1n) is 11.6. The van der Waals surface area contributed by atoms with Gasteiger partial charge in [0.15, 0.2) is 11.5 Å². The summed E-state index contributed by atoms with van der Waals surface area (Å²) >= 11 is 12.3. The summed E-state index contributed by atoms with van der Waals surface area (Å²) in [5.41, 5.74) is 3.27. The molecule has 1 aromatic heterocycles. The Hall–Kier alpha value is -3.03. The molecule has 0 aliphatic heterocycles. The maximum atomic E-state index is 13.1. The van der Waals surface area contributed by atoms with E-state index in [0.717, 1.165) is 36.6 Å². The second kappa shape index (κ2) is 10.3. The number of aromatic nitrogens is 1. The number of ketones is 1. The van der Waals surface area contributed by atoms with E-state index in [0.29, 0.717) is 22.3 Å². The van der Waals surface area contributed by atoms with E-state index in [1.165, 1.54) is 0 Å². The fourth-order valence-corrected chi connectivity index (χ4v) is 5.07. The zero-order valence-electron chi connectivity index (χ0n) is 19.4. The number of hydrogen-bond donors (Lipinski definition) is 4. The Morgan fingerprint density at radius 3 is 2.31 bits per heavy atom. The zero-order chi connectivity index (χ0) is 25.3. The maximum absolute atomic E-state index is 13.1. The van der Waals surface area contributed by atoms with Crippen LogP contribution in [-0.4, -0.2) is 39.2 Å². The van der Waals surface area contributed by atoms with Crippen molar-refractivity contribution < 1.29 is 19.8 Å². The molecule has 1 fully saturated rings. The minimum absolute atomic E-state index is 0.0541. The normalized spacial score (nSPS) is 18.0. The third-order valence-electron chi connectivity index (χ3n) is 6.41. The molecule has 0 radical (unpaired) electrons. The number of carbonyl (C=O) groups is 2. The molecule has 1 saturated carbocycles. The van der Waals surface area contributed by atoms with Crippen molar-refractivity contribution in [3.8, 4) is 16.9 Å². The predicted octanol–water partition coefficient (Wildman–Crippen LogP) is 6.74. The van der Waals surface area contributed by atoms with E-state index >= 15 is 0 Å². The largest absolute Gasteiger partial charge is 0.505 e. The van der Waals surface area contributed by atoms with Crippen LogP contribution in [0.3, 0.4) is 0 Å². The fraction of sp³-hybridized carbons (Fsp3) is 0.346. The number of Topliss-reactive ketones (excluding diaryl/α,β-unsaturated/α-hetero) is 1. The number of halogens is 2. The van der Waals surface area contributed by atoms with Crippen molar-refractivity contribution in [3.05, 3.63) is 52.1 Å². The number of nitrogens with one attached hydrogen (secondary N) is 2. The molecular formula is C26H27Cl2N3O4. The molecule has 1 aliphatic rings. The van der Waals surface area contributed by atoms with Gasteiger partial charge in [0.2, 0.25) is 0 Å². The van der Waals surface area contributed by atoms with Crippen molar-refractivity contribution in [3.63, 3.8) is 0 Å². The number of phenols is 1. The van der Waals surface area contributed by atoms with Gasteiger partial charge in [0.05, 0.1) is 32.9 Å². The van der Waals surface area contributed by atoms with Gasteiger partial charge < -0.3 is 20.8 Å². The molecule has 0 spiro atoms. The molecule has 2 atom stereocenters. The van der Waals surface area contributed by atoms with Gasteiger partial charge in [0.1, 0.15) is 0 Å². The molecule has 0 saturated heterocycles. The number of phenolic OH excluding ortho intramolecular Hbond substituents is 1. The average Bonchev–Trinajstić information content (AvgIpc) is 2.82. The number of amides is 1. The van der Waals surface area contributed by atoms with Gasteiger partial charge in [-0.1, -0.05) is 56.0 Å². The third kappa shape index (κ3) is 5.31. The highest BCUT2D eigenvalue weighted by molar-refractivity contribution is 6.37. The van der Waals surface area contributed by atoms with Crippen LogP contribution >= 0.6 is 23.2 Å². The van der Waals surface area contributed by atoms with Crippen LogP contribution in [0.25, 0.3) is 22.0 Å². The Bertz CT molecular complexity index is 1270. The highest BCUT2D eigenvalue weighted by Gasteiger charge is 2.29. The number of rotatable bonds is 6. The van der Waals surface area contributed by atoms with Crippen LogP contribution in [-0.2, 0) is 0 Å². The minimum atomic E-state index is -1.06. The Balaban J connectivity index is 1.86. The minimum Gasteiger partial charge on any atom is -0.505 e. The quantitative estimate of drug-likeness (QED) is 0.270. The summed E-state index contributed by atoms with van der Waals surface area (Å²) in [6.45, 7) is 3.67. The second-order valence-corrected chi connectivity index (χ2v) is 9.99. The molecule has 184 valence electrons. The number of carbonyl (C=O) groups excluding carboxylic acids is 1. The molecule has 35 heavy (non-hydrogen) atoms. The molecular weight excluding hydrogens is 489 g/mol. The lowest BCUT2D eigenvalue weighted by molar-refractivity contribution is 0.0939. The lowest BCUT2D eigenvalue weighted by Gasteiger charge is -2.33. The third-order valence-corrected chi connectivity index (χ3v) is 6.99. The van der Waals surface area contributed by atoms with Crippen molar-refractivity contribution in [2.24, 2.45) is 5.92 Å². The summed E-state index contributed by atoms with van der Waals surface area (Å²) in [7, 11) is 0. The van der Waals surface area contributed by atoms with Crippen molar-refractivity contribution in [2.75, 3.05) is 5.32 Å². The first kappa shape index (κ1) is 25.1. The number of carboxylic acid groups (broad SMARTS) is 1. The highest BCUT2D eigenvalue weighted by atomic mass is 35.5. The zero-order valence-corrected chi connectivity index (χ0v) is 21.0. The molecule has 2 aromatic carbocycles. The average molecular weight is 516 g/mol. The molecule has 0 bridgehead atoms. The summed E-state index contributed by atoms with van der Waals surface area (Å²) in [6, 6.07) is 8.43. The number of nitrogens with zero attached hydrogens (tertiary/aromatic N) is 1. The van der Waals surface area contributed by atoms with E-state index in [1.54, 1.807) is 18.3 Å². The van der Waals surface area contributed by atoms with Gasteiger partial charge in [0.25, 0.3) is 0 Å². The van der Waals surface area contributed by atoms with Crippen LogP contribution < -0.4 is 10.6 Å². The number of pyridine rings is 1. The highest BCUT2D eigenvalue weighted by Crippen LogP contribution is 2.38. The van der Waals surface area contributed by atoms with E-state index in [4.69, 9.17) is 23.2 Å². The predicted molar refractivity (Wildman–Crippen MR) is 139 cm³/mol. The number of fused-ring (bicyclic) bond motifs is 1. The lowest BCUT2D eigenvalue weighted by Crippen LogP contribution is -2.48. The number of anilines is 1. The van der Waals surface area contributed by atoms with Crippen molar-refractivity contribution in [1.82, 2.24) is 10.3 Å². The summed E-state index contributed by atoms with van der Waals surface area (Å²) in [6.07, 6.45) is 3.91. The maximum Gasteiger partial charge on any atom is 0.404 e. The molecule has 2 unspecified atom stereocenters. The molecule has 9 heteroatoms. The number of hydrogen-bond acceptors (Lipinski definition) is 5. The molecule has 1 aliphatic carbocycles. The molecule has 3 aromatic rings. The summed E-state index contributed by atoms with van der Waals surface area (Å²) in [5, 5.41) is 26.4. The molecule has 1 heterocycles. The Kier molecular flexibility index (Phi) is 7.38. The van der Waals surface area contributed by atoms with Crippen LogP contribution in [0.15, 0.2) is 36.5 Å². The second-order valence-electron chi connectivity index (χ2n) is 9.18. The van der Waals surface area contributed by atoms with E-state index in [-0.39, 0.29) is 39.6 Å². The molecule has 4 rings (SSSR count). The van der Waals surface area contributed by atoms with Crippen molar-refractivity contribution in [1.29, 1.82) is 0 Å². The van der Waals surface area contributed by atoms with E-state index < -0.39 is 6.09 Å². The van der Waals surface area contributed by atoms with Crippen LogP contribution in [0.4, 0.5) is 10.5 Å². The molecule has 7 nitrogen and oxygen atoms in total. The van der Waals surface area contributed by atoms with Gasteiger partial charge in [-0.25, -0.2) is 4.79 Å². The van der Waals surface area contributed by atoms with E-state index in [2.05, 4.69) is 15.6 Å². The first-order valence-corrected chi connectivity index (χ1v) is 12.3.